The van der Waals surface area contributed by atoms with Gasteiger partial charge < -0.3 is 9.84 Å². The molecular formula is C18H21BrO3S. The molecule has 0 aliphatic heterocycles. The summed E-state index contributed by atoms with van der Waals surface area (Å²) in [6, 6.07) is 12.3. The molecule has 1 aromatic heterocycles. The van der Waals surface area contributed by atoms with Gasteiger partial charge in [0.1, 0.15) is 17.2 Å². The highest BCUT2D eigenvalue weighted by Gasteiger charge is 2.11. The zero-order valence-electron chi connectivity index (χ0n) is 12.9. The Hall–Kier alpha value is -1.33. The van der Waals surface area contributed by atoms with Crippen molar-refractivity contribution in [1.82, 2.24) is 0 Å². The quantitative estimate of drug-likeness (QED) is 0.438. The van der Waals surface area contributed by atoms with E-state index in [1.165, 1.54) is 10.4 Å². The molecule has 0 aliphatic rings. The molecule has 2 aromatic rings. The van der Waals surface area contributed by atoms with Gasteiger partial charge in [-0.05, 0) is 48.4 Å². The summed E-state index contributed by atoms with van der Waals surface area (Å²) < 4.78 is 5.75. The van der Waals surface area contributed by atoms with Crippen LogP contribution in [0.1, 0.15) is 36.1 Å². The average Bonchev–Trinajstić information content (AvgIpc) is 3.07. The smallest absolute Gasteiger partial charge is 0.317 e. The Kier molecular flexibility index (Phi) is 7.62. The number of alkyl halides is 1. The number of ether oxygens (including phenoxy) is 1. The minimum absolute atomic E-state index is 0.415. The summed E-state index contributed by atoms with van der Waals surface area (Å²) in [4.78, 5) is 11.5. The number of carboxylic acids is 1. The predicted molar refractivity (Wildman–Crippen MR) is 97.6 cm³/mol. The molecule has 1 heterocycles. The van der Waals surface area contributed by atoms with Crippen LogP contribution in [0.5, 0.6) is 5.75 Å². The molecule has 2 rings (SSSR count). The van der Waals surface area contributed by atoms with Crippen molar-refractivity contribution in [2.24, 2.45) is 0 Å². The minimum atomic E-state index is -0.775. The number of halogens is 1. The predicted octanol–water partition coefficient (Wildman–Crippen LogP) is 5.28. The van der Waals surface area contributed by atoms with Gasteiger partial charge >= 0.3 is 5.97 Å². The van der Waals surface area contributed by atoms with Gasteiger partial charge in [-0.2, -0.15) is 0 Å². The summed E-state index contributed by atoms with van der Waals surface area (Å²) in [6.07, 6.45) is 4.76. The van der Waals surface area contributed by atoms with Crippen molar-refractivity contribution in [1.29, 1.82) is 0 Å². The molecule has 1 atom stereocenters. The van der Waals surface area contributed by atoms with E-state index >= 15 is 0 Å². The lowest BCUT2D eigenvalue weighted by Gasteiger charge is -2.07. The van der Waals surface area contributed by atoms with Gasteiger partial charge in [-0.3, -0.25) is 4.79 Å². The molecule has 5 heteroatoms. The second kappa shape index (κ2) is 9.73. The van der Waals surface area contributed by atoms with E-state index in [2.05, 4.69) is 39.5 Å². The van der Waals surface area contributed by atoms with Crippen LogP contribution in [-0.2, 0) is 17.8 Å². The number of unbranched alkanes of at least 4 members (excludes halogenated alkanes) is 2. The topological polar surface area (TPSA) is 46.5 Å². The number of aryl methyl sites for hydroxylation is 1. The summed E-state index contributed by atoms with van der Waals surface area (Å²) in [5.41, 5.74) is 1.29. The van der Waals surface area contributed by atoms with E-state index in [4.69, 9.17) is 9.84 Å². The molecule has 0 amide bonds. The van der Waals surface area contributed by atoms with E-state index in [1.807, 2.05) is 18.2 Å². The summed E-state index contributed by atoms with van der Waals surface area (Å²) in [5.74, 6) is 0.119. The van der Waals surface area contributed by atoms with Crippen molar-refractivity contribution < 1.29 is 14.6 Å². The van der Waals surface area contributed by atoms with Crippen molar-refractivity contribution in [3.8, 4) is 5.75 Å². The SMILES string of the molecule is O=C(O)C(Br)CCCCCc1ccc(OCc2cccs2)cc1. The fourth-order valence-electron chi connectivity index (χ4n) is 2.25. The summed E-state index contributed by atoms with van der Waals surface area (Å²) in [7, 11) is 0. The standard InChI is InChI=1S/C18H21BrO3S/c19-17(18(20)21)7-3-1-2-5-14-8-10-15(11-9-14)22-13-16-6-4-12-23-16/h4,6,8-12,17H,1-3,5,7,13H2,(H,20,21). The van der Waals surface area contributed by atoms with Crippen molar-refractivity contribution in [3.63, 3.8) is 0 Å². The fourth-order valence-corrected chi connectivity index (χ4v) is 3.19. The van der Waals surface area contributed by atoms with Crippen LogP contribution in [0.15, 0.2) is 41.8 Å². The number of benzene rings is 1. The molecule has 0 saturated heterocycles. The maximum atomic E-state index is 10.7. The molecule has 23 heavy (non-hydrogen) atoms. The largest absolute Gasteiger partial charge is 0.488 e. The third-order valence-electron chi connectivity index (χ3n) is 3.58. The molecule has 0 bridgehead atoms. The Bertz CT molecular complexity index is 581. The number of thiophene rings is 1. The second-order valence-corrected chi connectivity index (χ2v) is 7.55. The average molecular weight is 397 g/mol. The van der Waals surface area contributed by atoms with E-state index in [9.17, 15) is 4.79 Å². The first kappa shape index (κ1) is 18.0. The van der Waals surface area contributed by atoms with Crippen molar-refractivity contribution in [3.05, 3.63) is 52.2 Å². The first-order chi connectivity index (χ1) is 11.1. The summed E-state index contributed by atoms with van der Waals surface area (Å²) in [5, 5.41) is 10.8. The fraction of sp³-hybridized carbons (Fsp3) is 0.389. The maximum Gasteiger partial charge on any atom is 0.317 e. The molecular weight excluding hydrogens is 376 g/mol. The summed E-state index contributed by atoms with van der Waals surface area (Å²) in [6.45, 7) is 0.619. The van der Waals surface area contributed by atoms with Crippen molar-refractivity contribution in [2.45, 2.75) is 43.5 Å². The van der Waals surface area contributed by atoms with Crippen molar-refractivity contribution in [2.75, 3.05) is 0 Å². The zero-order chi connectivity index (χ0) is 16.5. The van der Waals surface area contributed by atoms with Gasteiger partial charge in [0.05, 0.1) is 0 Å². The van der Waals surface area contributed by atoms with E-state index in [0.29, 0.717) is 13.0 Å². The number of hydrogen-bond donors (Lipinski definition) is 1. The third kappa shape index (κ3) is 6.75. The van der Waals surface area contributed by atoms with Gasteiger partial charge in [-0.15, -0.1) is 11.3 Å². The van der Waals surface area contributed by atoms with Crippen LogP contribution in [0.25, 0.3) is 0 Å². The normalized spacial score (nSPS) is 12.0. The van der Waals surface area contributed by atoms with Gasteiger partial charge in [0, 0.05) is 4.88 Å². The Morgan fingerprint density at radius 2 is 1.96 bits per heavy atom. The monoisotopic (exact) mass is 396 g/mol. The van der Waals surface area contributed by atoms with Gasteiger partial charge in [0.2, 0.25) is 0 Å². The minimum Gasteiger partial charge on any atom is -0.488 e. The Balaban J connectivity index is 1.63. The lowest BCUT2D eigenvalue weighted by Crippen LogP contribution is -2.11. The molecule has 1 N–H and O–H groups in total. The Morgan fingerprint density at radius 3 is 2.61 bits per heavy atom. The molecule has 0 saturated carbocycles. The van der Waals surface area contributed by atoms with E-state index in [0.717, 1.165) is 31.4 Å². The Morgan fingerprint density at radius 1 is 1.17 bits per heavy atom. The van der Waals surface area contributed by atoms with E-state index < -0.39 is 10.8 Å². The first-order valence-electron chi connectivity index (χ1n) is 7.76. The van der Waals surface area contributed by atoms with Gasteiger partial charge in [0.15, 0.2) is 0 Å². The maximum absolute atomic E-state index is 10.7. The zero-order valence-corrected chi connectivity index (χ0v) is 15.3. The number of carboxylic acid groups (broad SMARTS) is 1. The third-order valence-corrected chi connectivity index (χ3v) is 5.27. The van der Waals surface area contributed by atoms with Gasteiger partial charge in [0.25, 0.3) is 0 Å². The second-order valence-electron chi connectivity index (χ2n) is 5.42. The van der Waals surface area contributed by atoms with Crippen LogP contribution in [-0.4, -0.2) is 15.9 Å². The van der Waals surface area contributed by atoms with Crippen LogP contribution in [0.4, 0.5) is 0 Å². The highest BCUT2D eigenvalue weighted by molar-refractivity contribution is 9.10. The highest BCUT2D eigenvalue weighted by Crippen LogP contribution is 2.18. The van der Waals surface area contributed by atoms with Gasteiger partial charge in [-0.1, -0.05) is 47.0 Å². The molecule has 0 aliphatic carbocycles. The van der Waals surface area contributed by atoms with Crippen LogP contribution in [0.2, 0.25) is 0 Å². The van der Waals surface area contributed by atoms with Crippen molar-refractivity contribution >= 4 is 33.2 Å². The number of carbonyl (C=O) groups is 1. The van der Waals surface area contributed by atoms with Crippen LogP contribution >= 0.6 is 27.3 Å². The summed E-state index contributed by atoms with van der Waals surface area (Å²) >= 11 is 4.86. The Labute approximate surface area is 149 Å². The number of rotatable bonds is 10. The van der Waals surface area contributed by atoms with Crippen LogP contribution in [0.3, 0.4) is 0 Å². The molecule has 0 fully saturated rings. The lowest BCUT2D eigenvalue weighted by atomic mass is 10.1. The molecule has 3 nitrogen and oxygen atoms in total. The molecule has 0 spiro atoms. The van der Waals surface area contributed by atoms with E-state index in [1.54, 1.807) is 11.3 Å². The molecule has 1 aromatic carbocycles. The molecule has 124 valence electrons. The number of hydrogen-bond acceptors (Lipinski definition) is 3. The lowest BCUT2D eigenvalue weighted by molar-refractivity contribution is -0.136. The van der Waals surface area contributed by atoms with Crippen LogP contribution in [0, 0.1) is 0 Å². The van der Waals surface area contributed by atoms with Crippen LogP contribution < -0.4 is 4.74 Å². The molecule has 0 radical (unpaired) electrons. The number of aliphatic carboxylic acids is 1. The highest BCUT2D eigenvalue weighted by atomic mass is 79.9. The molecule has 1 unspecified atom stereocenters. The first-order valence-corrected chi connectivity index (χ1v) is 9.55. The van der Waals surface area contributed by atoms with E-state index in [-0.39, 0.29) is 0 Å². The van der Waals surface area contributed by atoms with Gasteiger partial charge in [-0.25, -0.2) is 0 Å².